The maximum atomic E-state index is 12.1. The Labute approximate surface area is 155 Å². The number of nitrogens with zero attached hydrogens (tertiary/aromatic N) is 1. The van der Waals surface area contributed by atoms with Crippen molar-refractivity contribution in [3.8, 4) is 10.6 Å². The van der Waals surface area contributed by atoms with E-state index in [1.807, 2.05) is 11.4 Å². The number of carbonyl (C=O) groups is 1. The second-order valence-electron chi connectivity index (χ2n) is 5.96. The van der Waals surface area contributed by atoms with Crippen LogP contribution in [0.5, 0.6) is 0 Å². The Morgan fingerprint density at radius 2 is 2.29 bits per heavy atom. The van der Waals surface area contributed by atoms with Gasteiger partial charge >= 0.3 is 0 Å². The van der Waals surface area contributed by atoms with Crippen LogP contribution < -0.4 is 10.6 Å². The summed E-state index contributed by atoms with van der Waals surface area (Å²) in [5, 5.41) is 10.2. The molecule has 2 N–H and O–H groups in total. The molecule has 1 fully saturated rings. The average Bonchev–Trinajstić information content (AvgIpc) is 3.02. The van der Waals surface area contributed by atoms with Crippen LogP contribution in [0.15, 0.2) is 23.6 Å². The standard InChI is InChI=1S/C17H19Cl2N3OS/c18-12-3-4-14(15(19)6-12)17-22-13(10-24-17)7-16(23)21-9-11-2-1-5-20-8-11/h3-4,6,10-11,20H,1-2,5,7-9H2,(H,21,23). The largest absolute Gasteiger partial charge is 0.355 e. The summed E-state index contributed by atoms with van der Waals surface area (Å²) in [4.78, 5) is 16.6. The molecule has 3 rings (SSSR count). The lowest BCUT2D eigenvalue weighted by atomic mass is 10.00. The first-order chi connectivity index (χ1) is 11.6. The number of halogens is 2. The summed E-state index contributed by atoms with van der Waals surface area (Å²) >= 11 is 13.6. The van der Waals surface area contributed by atoms with Gasteiger partial charge in [0, 0.05) is 22.5 Å². The van der Waals surface area contributed by atoms with E-state index < -0.39 is 0 Å². The van der Waals surface area contributed by atoms with Crippen LogP contribution in [0.25, 0.3) is 10.6 Å². The minimum Gasteiger partial charge on any atom is -0.355 e. The molecule has 0 radical (unpaired) electrons. The molecule has 0 aliphatic carbocycles. The number of thiazole rings is 1. The van der Waals surface area contributed by atoms with Gasteiger partial charge in [-0.05, 0) is 50.0 Å². The van der Waals surface area contributed by atoms with Crippen LogP contribution in [-0.4, -0.2) is 30.5 Å². The monoisotopic (exact) mass is 383 g/mol. The molecule has 1 saturated heterocycles. The van der Waals surface area contributed by atoms with Crippen LogP contribution >= 0.6 is 34.5 Å². The van der Waals surface area contributed by atoms with Gasteiger partial charge in [-0.15, -0.1) is 11.3 Å². The van der Waals surface area contributed by atoms with Gasteiger partial charge in [0.2, 0.25) is 5.91 Å². The molecule has 128 valence electrons. The van der Waals surface area contributed by atoms with E-state index >= 15 is 0 Å². The third kappa shape index (κ3) is 4.70. The molecule has 4 nitrogen and oxygen atoms in total. The van der Waals surface area contributed by atoms with Gasteiger partial charge < -0.3 is 10.6 Å². The molecule has 1 aromatic heterocycles. The first kappa shape index (κ1) is 17.7. The van der Waals surface area contributed by atoms with Crippen LogP contribution in [0.4, 0.5) is 0 Å². The maximum absolute atomic E-state index is 12.1. The summed E-state index contributed by atoms with van der Waals surface area (Å²) in [5.41, 5.74) is 1.60. The van der Waals surface area contributed by atoms with E-state index in [0.29, 0.717) is 22.4 Å². The number of benzene rings is 1. The van der Waals surface area contributed by atoms with E-state index in [0.717, 1.165) is 35.9 Å². The van der Waals surface area contributed by atoms with Crippen LogP contribution in [0.1, 0.15) is 18.5 Å². The topological polar surface area (TPSA) is 54.0 Å². The summed E-state index contributed by atoms with van der Waals surface area (Å²) in [6.45, 7) is 2.79. The lowest BCUT2D eigenvalue weighted by molar-refractivity contribution is -0.120. The minimum atomic E-state index is 0.0135. The van der Waals surface area contributed by atoms with Crippen LogP contribution in [-0.2, 0) is 11.2 Å². The number of hydrogen-bond donors (Lipinski definition) is 2. The summed E-state index contributed by atoms with van der Waals surface area (Å²) < 4.78 is 0. The van der Waals surface area contributed by atoms with Gasteiger partial charge in [0.05, 0.1) is 17.1 Å². The average molecular weight is 384 g/mol. The van der Waals surface area contributed by atoms with Gasteiger partial charge in [-0.25, -0.2) is 4.98 Å². The fourth-order valence-electron chi connectivity index (χ4n) is 2.76. The van der Waals surface area contributed by atoms with Gasteiger partial charge in [-0.3, -0.25) is 4.79 Å². The van der Waals surface area contributed by atoms with E-state index in [4.69, 9.17) is 23.2 Å². The van der Waals surface area contributed by atoms with Crippen molar-refractivity contribution >= 4 is 40.4 Å². The number of amides is 1. The Morgan fingerprint density at radius 3 is 3.04 bits per heavy atom. The smallest absolute Gasteiger partial charge is 0.226 e. The minimum absolute atomic E-state index is 0.0135. The highest BCUT2D eigenvalue weighted by molar-refractivity contribution is 7.13. The summed E-state index contributed by atoms with van der Waals surface area (Å²) in [6, 6.07) is 5.34. The third-order valence-electron chi connectivity index (χ3n) is 4.04. The Balaban J connectivity index is 1.56. The van der Waals surface area contributed by atoms with Crippen molar-refractivity contribution in [1.82, 2.24) is 15.6 Å². The summed E-state index contributed by atoms with van der Waals surface area (Å²) in [7, 11) is 0. The highest BCUT2D eigenvalue weighted by Gasteiger charge is 2.15. The molecule has 1 aliphatic heterocycles. The second kappa shape index (κ2) is 8.30. The fraction of sp³-hybridized carbons (Fsp3) is 0.412. The highest BCUT2D eigenvalue weighted by Crippen LogP contribution is 2.32. The Bertz CT molecular complexity index is 714. The number of rotatable bonds is 5. The lowest BCUT2D eigenvalue weighted by Gasteiger charge is -2.22. The molecule has 0 bridgehead atoms. The molecule has 1 amide bonds. The van der Waals surface area contributed by atoms with E-state index in [9.17, 15) is 4.79 Å². The van der Waals surface area contributed by atoms with E-state index in [2.05, 4.69) is 15.6 Å². The van der Waals surface area contributed by atoms with Gasteiger partial charge in [-0.1, -0.05) is 23.2 Å². The molecule has 0 saturated carbocycles. The Morgan fingerprint density at radius 1 is 1.42 bits per heavy atom. The molecule has 1 aromatic carbocycles. The SMILES string of the molecule is O=C(Cc1csc(-c2ccc(Cl)cc2Cl)n1)NCC1CCCNC1. The quantitative estimate of drug-likeness (QED) is 0.825. The first-order valence-corrected chi connectivity index (χ1v) is 9.62. The van der Waals surface area contributed by atoms with E-state index in [1.165, 1.54) is 24.2 Å². The van der Waals surface area contributed by atoms with Crippen molar-refractivity contribution < 1.29 is 4.79 Å². The second-order valence-corrected chi connectivity index (χ2v) is 7.66. The molecule has 1 atom stereocenters. The molecule has 24 heavy (non-hydrogen) atoms. The number of nitrogens with one attached hydrogen (secondary N) is 2. The zero-order valence-corrected chi connectivity index (χ0v) is 15.5. The van der Waals surface area contributed by atoms with Gasteiger partial charge in [0.15, 0.2) is 0 Å². The molecule has 0 spiro atoms. The lowest BCUT2D eigenvalue weighted by Crippen LogP contribution is -2.38. The first-order valence-electron chi connectivity index (χ1n) is 7.99. The predicted octanol–water partition coefficient (Wildman–Crippen LogP) is 3.78. The van der Waals surface area contributed by atoms with Crippen molar-refractivity contribution in [2.75, 3.05) is 19.6 Å². The van der Waals surface area contributed by atoms with E-state index in [1.54, 1.807) is 12.1 Å². The molecule has 1 unspecified atom stereocenters. The van der Waals surface area contributed by atoms with Crippen molar-refractivity contribution in [3.63, 3.8) is 0 Å². The zero-order valence-electron chi connectivity index (χ0n) is 13.1. The number of piperidine rings is 1. The molecular formula is C17H19Cl2N3OS. The molecule has 7 heteroatoms. The summed E-state index contributed by atoms with van der Waals surface area (Å²) in [5.74, 6) is 0.543. The fourth-order valence-corrected chi connectivity index (χ4v) is 4.17. The molecule has 1 aliphatic rings. The van der Waals surface area contributed by atoms with Crippen molar-refractivity contribution in [2.45, 2.75) is 19.3 Å². The Hall–Kier alpha value is -1.14. The van der Waals surface area contributed by atoms with Crippen molar-refractivity contribution in [2.24, 2.45) is 5.92 Å². The van der Waals surface area contributed by atoms with Crippen molar-refractivity contribution in [3.05, 3.63) is 39.3 Å². The highest BCUT2D eigenvalue weighted by atomic mass is 35.5. The predicted molar refractivity (Wildman–Crippen MR) is 99.9 cm³/mol. The maximum Gasteiger partial charge on any atom is 0.226 e. The molecular weight excluding hydrogens is 365 g/mol. The van der Waals surface area contributed by atoms with Crippen molar-refractivity contribution in [1.29, 1.82) is 0 Å². The number of carbonyl (C=O) groups excluding carboxylic acids is 1. The Kier molecular flexibility index (Phi) is 6.11. The number of aromatic nitrogens is 1. The van der Waals surface area contributed by atoms with E-state index in [-0.39, 0.29) is 5.91 Å². The van der Waals surface area contributed by atoms with Crippen LogP contribution in [0, 0.1) is 5.92 Å². The van der Waals surface area contributed by atoms with Gasteiger partial charge in [0.1, 0.15) is 5.01 Å². The molecule has 2 aromatic rings. The third-order valence-corrected chi connectivity index (χ3v) is 5.51. The summed E-state index contributed by atoms with van der Waals surface area (Å²) in [6.07, 6.45) is 2.64. The molecule has 2 heterocycles. The zero-order chi connectivity index (χ0) is 16.9. The van der Waals surface area contributed by atoms with Gasteiger partial charge in [0.25, 0.3) is 0 Å². The van der Waals surface area contributed by atoms with Crippen LogP contribution in [0.2, 0.25) is 10.0 Å². The van der Waals surface area contributed by atoms with Gasteiger partial charge in [-0.2, -0.15) is 0 Å². The normalized spacial score (nSPS) is 17.7. The van der Waals surface area contributed by atoms with Crippen LogP contribution in [0.3, 0.4) is 0 Å². The number of hydrogen-bond acceptors (Lipinski definition) is 4.